The van der Waals surface area contributed by atoms with Crippen molar-refractivity contribution in [2.24, 2.45) is 15.0 Å². The van der Waals surface area contributed by atoms with Crippen LogP contribution >= 0.6 is 0 Å². The highest BCUT2D eigenvalue weighted by molar-refractivity contribution is 5.95. The Kier molecular flexibility index (Phi) is 53.1. The van der Waals surface area contributed by atoms with Gasteiger partial charge in [0.2, 0.25) is 0 Å². The van der Waals surface area contributed by atoms with Crippen LogP contribution in [0.1, 0.15) is 398 Å². The maximum atomic E-state index is 13.9. The number of aromatic hydroxyl groups is 3. The second kappa shape index (κ2) is 64.8. The Hall–Kier alpha value is -9.84. The predicted octanol–water partition coefficient (Wildman–Crippen LogP) is 30.8. The number of carbonyl (C=O) groups excluding carboxylic acids is 3. The molecule has 0 atom stereocenters. The Morgan fingerprint density at radius 3 is 0.722 bits per heavy atom. The maximum Gasteiger partial charge on any atom is 0.343 e. The molecule has 0 saturated carbocycles. The summed E-state index contributed by atoms with van der Waals surface area (Å²) in [6.07, 6.45) is 60.6. The molecule has 0 aliphatic carbocycles. The molecular weight excluding hydrogens is 1580 g/mol. The maximum absolute atomic E-state index is 13.9. The largest absolute Gasteiger partial charge is 0.507 e. The molecule has 18 heteroatoms. The Labute approximate surface area is 755 Å². The van der Waals surface area contributed by atoms with Crippen LogP contribution in [0, 0.1) is 0 Å². The standard InChI is InChI=1S/C108H153N3O15/c1-7-13-19-25-31-37-43-49-69-118-100-66-58-85(75-103(100)121-72-52-46-40-34-28-22-16-10-4)106(115)124-92-62-55-88(97(112)79-92)82-109-91-61-65-95(110-83-89-56-63-93(80-98(89)113)125-107(116)86-59-67-101(119-70-50-44-38-32-26-20-14-8-2)104(76-86)122-73-53-47-41-35-29-23-17-11-5)96(78-91)111-84-90-57-64-94(81-99(90)114)126-108(117)87-60-68-102(120-71-51-45-39-33-27-21-15-9-3)105(77-87)123-74-54-48-42-36-30-24-18-12-6/h55-68,75-84,112-114H,7-54,69-74H2,1-6H3. The second-order valence-corrected chi connectivity index (χ2v) is 33.7. The Morgan fingerprint density at radius 2 is 0.468 bits per heavy atom. The molecule has 0 spiro atoms. The molecule has 0 radical (unpaired) electrons. The fourth-order valence-corrected chi connectivity index (χ4v) is 14.9. The topological polar surface area (TPSA) is 232 Å². The Bertz CT molecular complexity index is 4280. The zero-order valence-corrected chi connectivity index (χ0v) is 77.6. The molecule has 0 bridgehead atoms. The molecule has 0 heterocycles. The average molecular weight is 1730 g/mol. The third kappa shape index (κ3) is 42.2. The molecule has 7 aromatic carbocycles. The van der Waals surface area contributed by atoms with Gasteiger partial charge in [-0.2, -0.15) is 0 Å². The summed E-state index contributed by atoms with van der Waals surface area (Å²) in [5.74, 6) is 0.942. The van der Waals surface area contributed by atoms with Gasteiger partial charge < -0.3 is 58.0 Å². The van der Waals surface area contributed by atoms with Crippen LogP contribution in [0.4, 0.5) is 17.1 Å². The highest BCUT2D eigenvalue weighted by atomic mass is 16.6. The Balaban J connectivity index is 1.09. The van der Waals surface area contributed by atoms with Gasteiger partial charge in [0.15, 0.2) is 34.5 Å². The normalized spacial score (nSPS) is 11.5. The second-order valence-electron chi connectivity index (χ2n) is 33.7. The molecule has 0 fully saturated rings. The highest BCUT2D eigenvalue weighted by Crippen LogP contribution is 2.38. The molecular formula is C108H153N3O15. The van der Waals surface area contributed by atoms with Crippen LogP contribution in [0.15, 0.2) is 142 Å². The first-order chi connectivity index (χ1) is 61.8. The van der Waals surface area contributed by atoms with Crippen molar-refractivity contribution in [3.05, 3.63) is 161 Å². The smallest absolute Gasteiger partial charge is 0.343 e. The van der Waals surface area contributed by atoms with Gasteiger partial charge in [0.05, 0.1) is 73.4 Å². The Morgan fingerprint density at radius 1 is 0.238 bits per heavy atom. The number of rotatable bonds is 72. The van der Waals surface area contributed by atoms with E-state index < -0.39 is 17.9 Å². The van der Waals surface area contributed by atoms with Gasteiger partial charge in [-0.3, -0.25) is 15.0 Å². The minimum Gasteiger partial charge on any atom is -0.507 e. The fourth-order valence-electron chi connectivity index (χ4n) is 14.9. The number of nitrogens with zero attached hydrogens (tertiary/aromatic N) is 3. The molecule has 0 amide bonds. The van der Waals surface area contributed by atoms with Crippen molar-refractivity contribution >= 4 is 53.6 Å². The number of phenolic OH excluding ortho intramolecular Hbond substituents is 3. The summed E-state index contributed by atoms with van der Waals surface area (Å²) in [6, 6.07) is 33.8. The van der Waals surface area contributed by atoms with Crippen LogP contribution in [0.3, 0.4) is 0 Å². The van der Waals surface area contributed by atoms with Crippen molar-refractivity contribution in [1.82, 2.24) is 0 Å². The number of carbonyl (C=O) groups is 3. The molecule has 7 aromatic rings. The molecule has 126 heavy (non-hydrogen) atoms. The number of aliphatic imine (C=N–C) groups is 3. The van der Waals surface area contributed by atoms with Gasteiger partial charge in [0.1, 0.15) is 34.5 Å². The van der Waals surface area contributed by atoms with E-state index in [0.29, 0.717) is 96.6 Å². The van der Waals surface area contributed by atoms with Crippen molar-refractivity contribution in [2.75, 3.05) is 39.6 Å². The van der Waals surface area contributed by atoms with Crippen molar-refractivity contribution in [2.45, 2.75) is 350 Å². The van der Waals surface area contributed by atoms with E-state index in [1.165, 1.54) is 249 Å². The fraction of sp³-hybridized carbons (Fsp3) is 0.556. The number of ether oxygens (including phenoxy) is 9. The molecule has 7 rings (SSSR count). The quantitative estimate of drug-likeness (QED) is 0.0139. The monoisotopic (exact) mass is 1730 g/mol. The van der Waals surface area contributed by atoms with E-state index in [4.69, 9.17) is 57.6 Å². The van der Waals surface area contributed by atoms with E-state index in [1.807, 2.05) is 0 Å². The van der Waals surface area contributed by atoms with Crippen molar-refractivity contribution < 1.29 is 72.3 Å². The first kappa shape index (κ1) is 103. The zero-order chi connectivity index (χ0) is 89.5. The SMILES string of the molecule is CCCCCCCCCCOc1ccc(C(=O)Oc2ccc(C=Nc3ccc(N=Cc4ccc(OC(=O)c5ccc(OCCCCCCCCCC)c(OCCCCCCCCCC)c5)cc4O)c(N=Cc4ccc(OC(=O)c5ccc(OCCCCCCCCCC)c(OCCCCCCCCCC)c5)cc4O)c3)c(O)c2)cc1OCCCCCCCCCC. The van der Waals surface area contributed by atoms with Gasteiger partial charge in [-0.1, -0.05) is 311 Å². The molecule has 690 valence electrons. The first-order valence-electron chi connectivity index (χ1n) is 48.9. The van der Waals surface area contributed by atoms with Crippen LogP contribution in [-0.2, 0) is 0 Å². The molecule has 3 N–H and O–H groups in total. The summed E-state index contributed by atoms with van der Waals surface area (Å²) in [7, 11) is 0. The lowest BCUT2D eigenvalue weighted by Gasteiger charge is -2.14. The van der Waals surface area contributed by atoms with Gasteiger partial charge in [-0.25, -0.2) is 14.4 Å². The number of benzene rings is 7. The first-order valence-corrected chi connectivity index (χ1v) is 48.9. The molecule has 0 aliphatic heterocycles. The van der Waals surface area contributed by atoms with E-state index in [0.717, 1.165) is 96.3 Å². The zero-order valence-electron chi connectivity index (χ0n) is 77.6. The summed E-state index contributed by atoms with van der Waals surface area (Å²) < 4.78 is 55.4. The molecule has 0 saturated heterocycles. The van der Waals surface area contributed by atoms with Gasteiger partial charge in [-0.15, -0.1) is 0 Å². The van der Waals surface area contributed by atoms with Gasteiger partial charge in [0, 0.05) is 53.5 Å². The number of hydrogen-bond acceptors (Lipinski definition) is 18. The summed E-state index contributed by atoms with van der Waals surface area (Å²) >= 11 is 0. The minimum absolute atomic E-state index is 0.0954. The molecule has 0 aliphatic rings. The van der Waals surface area contributed by atoms with Gasteiger partial charge in [-0.05, 0) is 148 Å². The lowest BCUT2D eigenvalue weighted by atomic mass is 10.1. The van der Waals surface area contributed by atoms with Crippen molar-refractivity contribution in [1.29, 1.82) is 0 Å². The predicted molar refractivity (Wildman–Crippen MR) is 515 cm³/mol. The van der Waals surface area contributed by atoms with E-state index in [9.17, 15) is 29.7 Å². The summed E-state index contributed by atoms with van der Waals surface area (Å²) in [5, 5.41) is 34.5. The number of hydrogen-bond donors (Lipinski definition) is 3. The lowest BCUT2D eigenvalue weighted by molar-refractivity contribution is 0.0724. The van der Waals surface area contributed by atoms with Crippen molar-refractivity contribution in [3.8, 4) is 69.0 Å². The minimum atomic E-state index is -0.646. The summed E-state index contributed by atoms with van der Waals surface area (Å²) in [4.78, 5) is 56.0. The van der Waals surface area contributed by atoms with Gasteiger partial charge >= 0.3 is 17.9 Å². The molecule has 0 aromatic heterocycles. The van der Waals surface area contributed by atoms with Crippen LogP contribution < -0.4 is 42.6 Å². The van der Waals surface area contributed by atoms with Crippen LogP contribution in [0.2, 0.25) is 0 Å². The lowest BCUT2D eigenvalue weighted by Crippen LogP contribution is -2.10. The number of unbranched alkanes of at least 4 members (excludes halogenated alkanes) is 42. The third-order valence-corrected chi connectivity index (χ3v) is 22.7. The number of phenols is 3. The van der Waals surface area contributed by atoms with E-state index in [2.05, 4.69) is 41.5 Å². The van der Waals surface area contributed by atoms with Crippen LogP contribution in [0.5, 0.6) is 69.0 Å². The molecule has 18 nitrogen and oxygen atoms in total. The van der Waals surface area contributed by atoms with Crippen molar-refractivity contribution in [3.63, 3.8) is 0 Å². The van der Waals surface area contributed by atoms with Gasteiger partial charge in [0.25, 0.3) is 0 Å². The number of esters is 3. The molecule has 0 unspecified atom stereocenters. The van der Waals surface area contributed by atoms with E-state index >= 15 is 0 Å². The van der Waals surface area contributed by atoms with Crippen LogP contribution in [0.25, 0.3) is 0 Å². The van der Waals surface area contributed by atoms with E-state index in [-0.39, 0.29) is 62.4 Å². The van der Waals surface area contributed by atoms with E-state index in [1.54, 1.807) is 109 Å². The highest BCUT2D eigenvalue weighted by Gasteiger charge is 2.21. The van der Waals surface area contributed by atoms with Crippen LogP contribution in [-0.4, -0.2) is 91.5 Å². The third-order valence-electron chi connectivity index (χ3n) is 22.7. The summed E-state index contributed by atoms with van der Waals surface area (Å²) in [6.45, 7) is 16.5. The summed E-state index contributed by atoms with van der Waals surface area (Å²) in [5.41, 5.74) is 2.70. The average Bonchev–Trinajstić information content (AvgIpc) is 0.834.